The Morgan fingerprint density at radius 3 is 1.97 bits per heavy atom. The summed E-state index contributed by atoms with van der Waals surface area (Å²) in [4.78, 5) is 45.5. The highest BCUT2D eigenvalue weighted by molar-refractivity contribution is 6.06. The summed E-state index contributed by atoms with van der Waals surface area (Å²) in [6, 6.07) is 11.1. The van der Waals surface area contributed by atoms with Crippen LogP contribution in [0.4, 0.5) is 0 Å². The van der Waals surface area contributed by atoms with E-state index in [-0.39, 0.29) is 17.9 Å². The van der Waals surface area contributed by atoms with Crippen molar-refractivity contribution in [1.29, 1.82) is 0 Å². The number of carbonyl (C=O) groups excluding carboxylic acids is 2. The molecule has 0 radical (unpaired) electrons. The van der Waals surface area contributed by atoms with Crippen LogP contribution < -0.4 is 0 Å². The number of para-hydroxylation sites is 2. The molecule has 2 aromatic carbocycles. The van der Waals surface area contributed by atoms with Crippen molar-refractivity contribution in [3.63, 3.8) is 0 Å². The molecule has 0 bridgehead atoms. The second kappa shape index (κ2) is 7.23. The summed E-state index contributed by atoms with van der Waals surface area (Å²) in [5.41, 5.74) is 4.27. The molecule has 1 atom stereocenters. The van der Waals surface area contributed by atoms with Crippen LogP contribution >= 0.6 is 0 Å². The van der Waals surface area contributed by atoms with Crippen molar-refractivity contribution in [2.45, 2.75) is 26.8 Å². The molecule has 0 aliphatic carbocycles. The molecular weight excluding hydrogens is 392 g/mol. The molecule has 1 fully saturated rings. The molecule has 1 unspecified atom stereocenters. The van der Waals surface area contributed by atoms with Crippen LogP contribution in [0.3, 0.4) is 0 Å². The van der Waals surface area contributed by atoms with Crippen LogP contribution in [-0.2, 0) is 0 Å². The van der Waals surface area contributed by atoms with Crippen molar-refractivity contribution >= 4 is 33.9 Å². The molecule has 5 rings (SSSR count). The second-order valence-electron chi connectivity index (χ2n) is 8.15. The Morgan fingerprint density at radius 2 is 1.42 bits per heavy atom. The average Bonchev–Trinajstić information content (AvgIpc) is 3.32. The highest BCUT2D eigenvalue weighted by atomic mass is 16.2. The Labute approximate surface area is 179 Å². The van der Waals surface area contributed by atoms with Gasteiger partial charge in [0.1, 0.15) is 22.7 Å². The SMILES string of the molecule is Cc1nc2c(C(=O)N3CCN(C(=O)c4cccc5[nH]c(C)nc45)C(C)C3)cccc2[nH]1. The van der Waals surface area contributed by atoms with E-state index in [0.717, 1.165) is 22.7 Å². The third-order valence-corrected chi connectivity index (χ3v) is 5.90. The maximum atomic E-state index is 13.3. The molecule has 2 amide bonds. The van der Waals surface area contributed by atoms with Crippen LogP contribution in [0.2, 0.25) is 0 Å². The molecule has 158 valence electrons. The summed E-state index contributed by atoms with van der Waals surface area (Å²) < 4.78 is 0. The summed E-state index contributed by atoms with van der Waals surface area (Å²) in [5.74, 6) is 1.45. The molecule has 31 heavy (non-hydrogen) atoms. The molecule has 1 aliphatic heterocycles. The summed E-state index contributed by atoms with van der Waals surface area (Å²) in [6.45, 7) is 7.16. The minimum atomic E-state index is -0.111. The molecule has 0 spiro atoms. The van der Waals surface area contributed by atoms with Gasteiger partial charge in [-0.2, -0.15) is 0 Å². The van der Waals surface area contributed by atoms with Gasteiger partial charge in [-0.3, -0.25) is 9.59 Å². The van der Waals surface area contributed by atoms with Gasteiger partial charge >= 0.3 is 0 Å². The Morgan fingerprint density at radius 1 is 0.871 bits per heavy atom. The Bertz CT molecular complexity index is 1320. The van der Waals surface area contributed by atoms with Gasteiger partial charge in [0.25, 0.3) is 11.8 Å². The number of H-pyrrole nitrogens is 2. The fourth-order valence-electron chi connectivity index (χ4n) is 4.42. The number of aryl methyl sites for hydroxylation is 2. The number of amides is 2. The third kappa shape index (κ3) is 3.24. The predicted molar refractivity (Wildman–Crippen MR) is 118 cm³/mol. The maximum Gasteiger partial charge on any atom is 0.256 e. The number of aromatic amines is 2. The summed E-state index contributed by atoms with van der Waals surface area (Å²) >= 11 is 0. The maximum absolute atomic E-state index is 13.3. The van der Waals surface area contributed by atoms with E-state index in [0.29, 0.717) is 41.8 Å². The van der Waals surface area contributed by atoms with Gasteiger partial charge in [0.05, 0.1) is 22.2 Å². The largest absolute Gasteiger partial charge is 0.342 e. The van der Waals surface area contributed by atoms with Gasteiger partial charge in [-0.15, -0.1) is 0 Å². The van der Waals surface area contributed by atoms with Crippen LogP contribution in [0.5, 0.6) is 0 Å². The normalized spacial score (nSPS) is 16.9. The van der Waals surface area contributed by atoms with Crippen molar-refractivity contribution in [2.24, 2.45) is 0 Å². The Balaban J connectivity index is 1.37. The number of imidazole rings is 2. The van der Waals surface area contributed by atoms with Gasteiger partial charge in [-0.1, -0.05) is 12.1 Å². The van der Waals surface area contributed by atoms with E-state index >= 15 is 0 Å². The smallest absolute Gasteiger partial charge is 0.256 e. The molecule has 2 N–H and O–H groups in total. The standard InChI is InChI=1S/C23H24N6O2/c1-13-12-28(22(30)16-6-4-8-18-20(16)26-14(2)24-18)10-11-29(13)23(31)17-7-5-9-19-21(17)27-15(3)25-19/h4-9,13H,10-12H2,1-3H3,(H,24,26)(H,25,27). The highest BCUT2D eigenvalue weighted by Gasteiger charge is 2.32. The van der Waals surface area contributed by atoms with E-state index in [9.17, 15) is 9.59 Å². The quantitative estimate of drug-likeness (QED) is 0.525. The van der Waals surface area contributed by atoms with Crippen molar-refractivity contribution in [2.75, 3.05) is 19.6 Å². The van der Waals surface area contributed by atoms with Crippen LogP contribution in [-0.4, -0.2) is 67.2 Å². The molecule has 4 aromatic rings. The number of piperazine rings is 1. The van der Waals surface area contributed by atoms with Crippen molar-refractivity contribution in [3.8, 4) is 0 Å². The lowest BCUT2D eigenvalue weighted by Gasteiger charge is -2.40. The number of nitrogens with one attached hydrogen (secondary N) is 2. The molecular formula is C23H24N6O2. The van der Waals surface area contributed by atoms with Crippen LogP contribution in [0.25, 0.3) is 22.1 Å². The van der Waals surface area contributed by atoms with Crippen LogP contribution in [0.1, 0.15) is 39.3 Å². The molecule has 1 saturated heterocycles. The molecule has 2 aromatic heterocycles. The van der Waals surface area contributed by atoms with E-state index in [2.05, 4.69) is 19.9 Å². The van der Waals surface area contributed by atoms with Gasteiger partial charge in [0.2, 0.25) is 0 Å². The zero-order chi connectivity index (χ0) is 21.7. The zero-order valence-electron chi connectivity index (χ0n) is 17.8. The fraction of sp³-hybridized carbons (Fsp3) is 0.304. The molecule has 1 aliphatic rings. The van der Waals surface area contributed by atoms with Gasteiger partial charge in [-0.25, -0.2) is 9.97 Å². The summed E-state index contributed by atoms with van der Waals surface area (Å²) in [7, 11) is 0. The summed E-state index contributed by atoms with van der Waals surface area (Å²) in [6.07, 6.45) is 0. The van der Waals surface area contributed by atoms with Gasteiger partial charge in [0.15, 0.2) is 0 Å². The first-order valence-corrected chi connectivity index (χ1v) is 10.4. The first kappa shape index (κ1) is 19.3. The first-order chi connectivity index (χ1) is 14.9. The Hall–Kier alpha value is -3.68. The Kier molecular flexibility index (Phi) is 4.50. The van der Waals surface area contributed by atoms with Crippen molar-refractivity contribution in [3.05, 3.63) is 59.2 Å². The number of fused-ring (bicyclic) bond motifs is 2. The fourth-order valence-corrected chi connectivity index (χ4v) is 4.42. The van der Waals surface area contributed by atoms with Crippen molar-refractivity contribution in [1.82, 2.24) is 29.7 Å². The monoisotopic (exact) mass is 416 g/mol. The number of carbonyl (C=O) groups is 2. The van der Waals surface area contributed by atoms with Gasteiger partial charge < -0.3 is 19.8 Å². The van der Waals surface area contributed by atoms with E-state index in [1.165, 1.54) is 0 Å². The molecule has 3 heterocycles. The van der Waals surface area contributed by atoms with E-state index in [4.69, 9.17) is 0 Å². The number of benzene rings is 2. The number of hydrogen-bond donors (Lipinski definition) is 2. The zero-order valence-corrected chi connectivity index (χ0v) is 17.8. The van der Waals surface area contributed by atoms with Crippen LogP contribution in [0.15, 0.2) is 36.4 Å². The summed E-state index contributed by atoms with van der Waals surface area (Å²) in [5, 5.41) is 0. The minimum Gasteiger partial charge on any atom is -0.342 e. The average molecular weight is 416 g/mol. The number of nitrogens with zero attached hydrogens (tertiary/aromatic N) is 4. The number of hydrogen-bond acceptors (Lipinski definition) is 4. The van der Waals surface area contributed by atoms with E-state index < -0.39 is 0 Å². The number of rotatable bonds is 2. The third-order valence-electron chi connectivity index (χ3n) is 5.90. The van der Waals surface area contributed by atoms with Crippen molar-refractivity contribution < 1.29 is 9.59 Å². The second-order valence-corrected chi connectivity index (χ2v) is 8.15. The predicted octanol–water partition coefficient (Wildman–Crippen LogP) is 3.04. The molecule has 0 saturated carbocycles. The van der Waals surface area contributed by atoms with Crippen LogP contribution in [0, 0.1) is 13.8 Å². The lowest BCUT2D eigenvalue weighted by Crippen LogP contribution is -2.55. The highest BCUT2D eigenvalue weighted by Crippen LogP contribution is 2.23. The molecule has 8 nitrogen and oxygen atoms in total. The lowest BCUT2D eigenvalue weighted by atomic mass is 10.1. The van der Waals surface area contributed by atoms with Gasteiger partial charge in [-0.05, 0) is 45.0 Å². The van der Waals surface area contributed by atoms with E-state index in [1.807, 2.05) is 67.0 Å². The lowest BCUT2D eigenvalue weighted by molar-refractivity contribution is 0.0416. The van der Waals surface area contributed by atoms with Gasteiger partial charge in [0, 0.05) is 25.7 Å². The minimum absolute atomic E-state index is 0.0540. The van der Waals surface area contributed by atoms with E-state index in [1.54, 1.807) is 0 Å². The number of aromatic nitrogens is 4. The topological polar surface area (TPSA) is 98.0 Å². The first-order valence-electron chi connectivity index (χ1n) is 10.4. The molecule has 8 heteroatoms.